The van der Waals surface area contributed by atoms with Crippen molar-refractivity contribution in [2.75, 3.05) is 44.2 Å². The number of nitro groups is 1. The fourth-order valence-corrected chi connectivity index (χ4v) is 4.21. The number of piperazine rings is 1. The molecule has 2 atom stereocenters. The minimum absolute atomic E-state index is 0.230. The quantitative estimate of drug-likeness (QED) is 0.606. The maximum atomic E-state index is 11.4. The summed E-state index contributed by atoms with van der Waals surface area (Å²) in [6.45, 7) is 12.4. The SMILES string of the molecule is Cc1ccc(N2CCN(CCN3C(C)CCC3C)CC2)c([N+](=O)[O-])c1. The maximum Gasteiger partial charge on any atom is 0.292 e. The summed E-state index contributed by atoms with van der Waals surface area (Å²) in [5.41, 5.74) is 1.92. The van der Waals surface area contributed by atoms with E-state index in [1.807, 2.05) is 19.1 Å². The van der Waals surface area contributed by atoms with Crippen molar-refractivity contribution in [2.24, 2.45) is 0 Å². The van der Waals surface area contributed by atoms with Crippen molar-refractivity contribution < 1.29 is 4.92 Å². The van der Waals surface area contributed by atoms with E-state index in [0.717, 1.165) is 50.5 Å². The van der Waals surface area contributed by atoms with E-state index < -0.39 is 0 Å². The minimum Gasteiger partial charge on any atom is -0.363 e. The molecule has 1 aromatic rings. The molecule has 3 rings (SSSR count). The van der Waals surface area contributed by atoms with E-state index >= 15 is 0 Å². The zero-order valence-corrected chi connectivity index (χ0v) is 15.6. The van der Waals surface area contributed by atoms with Gasteiger partial charge in [-0.15, -0.1) is 0 Å². The highest BCUT2D eigenvalue weighted by Gasteiger charge is 2.28. The van der Waals surface area contributed by atoms with Crippen molar-refractivity contribution >= 4 is 11.4 Å². The second-order valence-corrected chi connectivity index (χ2v) is 7.59. The van der Waals surface area contributed by atoms with Crippen molar-refractivity contribution in [3.63, 3.8) is 0 Å². The molecule has 0 bridgehead atoms. The standard InChI is InChI=1S/C19H30N4O2/c1-15-4-7-18(19(14-15)23(24)25)21-11-8-20(9-12-21)10-13-22-16(2)5-6-17(22)3/h4,7,14,16-17H,5-6,8-13H2,1-3H3. The molecule has 0 N–H and O–H groups in total. The lowest BCUT2D eigenvalue weighted by molar-refractivity contribution is -0.384. The number of anilines is 1. The number of hydrogen-bond acceptors (Lipinski definition) is 5. The van der Waals surface area contributed by atoms with Crippen LogP contribution in [0, 0.1) is 17.0 Å². The molecule has 0 amide bonds. The first kappa shape index (κ1) is 18.1. The summed E-state index contributed by atoms with van der Waals surface area (Å²) in [6, 6.07) is 6.94. The smallest absolute Gasteiger partial charge is 0.292 e. The van der Waals surface area contributed by atoms with Crippen LogP contribution in [-0.2, 0) is 0 Å². The van der Waals surface area contributed by atoms with Gasteiger partial charge in [-0.1, -0.05) is 6.07 Å². The molecule has 2 heterocycles. The topological polar surface area (TPSA) is 52.9 Å². The normalized spacial score (nSPS) is 25.5. The van der Waals surface area contributed by atoms with Crippen molar-refractivity contribution in [3.05, 3.63) is 33.9 Å². The van der Waals surface area contributed by atoms with E-state index in [1.165, 1.54) is 12.8 Å². The number of nitrogens with zero attached hydrogens (tertiary/aromatic N) is 4. The van der Waals surface area contributed by atoms with Crippen LogP contribution < -0.4 is 4.90 Å². The largest absolute Gasteiger partial charge is 0.363 e. The molecule has 2 unspecified atom stereocenters. The third-order valence-corrected chi connectivity index (χ3v) is 5.85. The fourth-order valence-electron chi connectivity index (χ4n) is 4.21. The van der Waals surface area contributed by atoms with Gasteiger partial charge < -0.3 is 4.90 Å². The van der Waals surface area contributed by atoms with Crippen LogP contribution >= 0.6 is 0 Å². The molecule has 25 heavy (non-hydrogen) atoms. The first-order valence-corrected chi connectivity index (χ1v) is 9.44. The third-order valence-electron chi connectivity index (χ3n) is 5.85. The van der Waals surface area contributed by atoms with Gasteiger partial charge in [0.2, 0.25) is 0 Å². The molecule has 0 aromatic heterocycles. The number of rotatable bonds is 5. The molecule has 2 saturated heterocycles. The lowest BCUT2D eigenvalue weighted by Gasteiger charge is -2.37. The number of nitro benzene ring substituents is 1. The van der Waals surface area contributed by atoms with Crippen LogP contribution in [0.2, 0.25) is 0 Å². The number of aryl methyl sites for hydroxylation is 1. The Labute approximate surface area is 150 Å². The zero-order chi connectivity index (χ0) is 18.0. The summed E-state index contributed by atoms with van der Waals surface area (Å²) in [7, 11) is 0. The molecule has 6 heteroatoms. The second kappa shape index (κ2) is 7.70. The van der Waals surface area contributed by atoms with Gasteiger partial charge in [0.05, 0.1) is 4.92 Å². The van der Waals surface area contributed by atoms with Crippen LogP contribution in [0.3, 0.4) is 0 Å². The van der Waals surface area contributed by atoms with E-state index in [-0.39, 0.29) is 10.6 Å². The van der Waals surface area contributed by atoms with Crippen molar-refractivity contribution in [1.29, 1.82) is 0 Å². The number of hydrogen-bond donors (Lipinski definition) is 0. The minimum atomic E-state index is -0.259. The second-order valence-electron chi connectivity index (χ2n) is 7.59. The van der Waals surface area contributed by atoms with Gasteiger partial charge in [0.1, 0.15) is 5.69 Å². The average molecular weight is 346 g/mol. The molecule has 0 saturated carbocycles. The van der Waals surface area contributed by atoms with Gasteiger partial charge >= 0.3 is 0 Å². The summed E-state index contributed by atoms with van der Waals surface area (Å²) in [4.78, 5) is 18.4. The Morgan fingerprint density at radius 1 is 1.08 bits per heavy atom. The highest BCUT2D eigenvalue weighted by atomic mass is 16.6. The Hall–Kier alpha value is -1.66. The first-order chi connectivity index (χ1) is 12.0. The molecular weight excluding hydrogens is 316 g/mol. The van der Waals surface area contributed by atoms with Gasteiger partial charge in [0.25, 0.3) is 5.69 Å². The Kier molecular flexibility index (Phi) is 5.59. The van der Waals surface area contributed by atoms with Gasteiger partial charge in [-0.2, -0.15) is 0 Å². The van der Waals surface area contributed by atoms with E-state index in [0.29, 0.717) is 12.1 Å². The predicted octanol–water partition coefficient (Wildman–Crippen LogP) is 2.90. The zero-order valence-electron chi connectivity index (χ0n) is 15.6. The van der Waals surface area contributed by atoms with Crippen LogP contribution in [0.4, 0.5) is 11.4 Å². The molecule has 2 aliphatic heterocycles. The van der Waals surface area contributed by atoms with Crippen molar-refractivity contribution in [3.8, 4) is 0 Å². The predicted molar refractivity (Wildman–Crippen MR) is 101 cm³/mol. The van der Waals surface area contributed by atoms with E-state index in [1.54, 1.807) is 6.07 Å². The molecule has 0 spiro atoms. The molecule has 6 nitrogen and oxygen atoms in total. The van der Waals surface area contributed by atoms with Crippen LogP contribution in [0.1, 0.15) is 32.3 Å². The summed E-state index contributed by atoms with van der Waals surface area (Å²) in [5.74, 6) is 0. The Morgan fingerprint density at radius 2 is 1.72 bits per heavy atom. The highest BCUT2D eigenvalue weighted by molar-refractivity contribution is 5.64. The molecule has 2 fully saturated rings. The Balaban J connectivity index is 1.55. The van der Waals surface area contributed by atoms with E-state index in [2.05, 4.69) is 28.5 Å². The van der Waals surface area contributed by atoms with Gasteiger partial charge in [-0.3, -0.25) is 19.9 Å². The number of benzene rings is 1. The Bertz CT molecular complexity index is 603. The van der Waals surface area contributed by atoms with Crippen LogP contribution in [0.5, 0.6) is 0 Å². The monoisotopic (exact) mass is 346 g/mol. The van der Waals surface area contributed by atoms with E-state index in [4.69, 9.17) is 0 Å². The lowest BCUT2D eigenvalue weighted by atomic mass is 10.1. The third kappa shape index (κ3) is 4.12. The van der Waals surface area contributed by atoms with Crippen molar-refractivity contribution in [1.82, 2.24) is 9.80 Å². The van der Waals surface area contributed by atoms with Crippen molar-refractivity contribution in [2.45, 2.75) is 45.7 Å². The van der Waals surface area contributed by atoms with Crippen LogP contribution in [-0.4, -0.2) is 66.1 Å². The fraction of sp³-hybridized carbons (Fsp3) is 0.684. The van der Waals surface area contributed by atoms with Gasteiger partial charge in [-0.25, -0.2) is 0 Å². The molecule has 0 radical (unpaired) electrons. The molecule has 2 aliphatic rings. The summed E-state index contributed by atoms with van der Waals surface area (Å²) in [6.07, 6.45) is 2.62. The van der Waals surface area contributed by atoms with Gasteiger partial charge in [0, 0.05) is 57.4 Å². The molecule has 1 aromatic carbocycles. The molecule has 138 valence electrons. The van der Waals surface area contributed by atoms with Crippen LogP contribution in [0.25, 0.3) is 0 Å². The highest BCUT2D eigenvalue weighted by Crippen LogP contribution is 2.30. The summed E-state index contributed by atoms with van der Waals surface area (Å²) in [5, 5.41) is 11.4. The van der Waals surface area contributed by atoms with Crippen LogP contribution in [0.15, 0.2) is 18.2 Å². The summed E-state index contributed by atoms with van der Waals surface area (Å²) < 4.78 is 0. The average Bonchev–Trinajstić information content (AvgIpc) is 2.92. The summed E-state index contributed by atoms with van der Waals surface area (Å²) >= 11 is 0. The number of likely N-dealkylation sites (tertiary alicyclic amines) is 1. The van der Waals surface area contributed by atoms with Gasteiger partial charge in [0.15, 0.2) is 0 Å². The Morgan fingerprint density at radius 3 is 2.32 bits per heavy atom. The van der Waals surface area contributed by atoms with Gasteiger partial charge in [-0.05, 0) is 45.2 Å². The first-order valence-electron chi connectivity index (χ1n) is 9.44. The molecule has 0 aliphatic carbocycles. The lowest BCUT2D eigenvalue weighted by Crippen LogP contribution is -2.49. The molecular formula is C19H30N4O2. The maximum absolute atomic E-state index is 11.4. The van der Waals surface area contributed by atoms with E-state index in [9.17, 15) is 10.1 Å².